The lowest BCUT2D eigenvalue weighted by Gasteiger charge is -2.12. The van der Waals surface area contributed by atoms with E-state index in [-0.39, 0.29) is 17.7 Å². The number of methoxy groups -OCH3 is 1. The van der Waals surface area contributed by atoms with Crippen LogP contribution in [0.25, 0.3) is 11.0 Å². The summed E-state index contributed by atoms with van der Waals surface area (Å²) in [6.07, 6.45) is 1.47. The van der Waals surface area contributed by atoms with Crippen LogP contribution in [0.5, 0.6) is 17.2 Å². The Labute approximate surface area is 216 Å². The number of nitriles is 1. The molecule has 2 aromatic carbocycles. The molecule has 0 aliphatic heterocycles. The normalized spacial score (nSPS) is 11.1. The van der Waals surface area contributed by atoms with Crippen LogP contribution < -0.4 is 25.1 Å². The van der Waals surface area contributed by atoms with E-state index in [1.54, 1.807) is 56.5 Å². The molecular weight excluding hydrogens is 494 g/mol. The van der Waals surface area contributed by atoms with Gasteiger partial charge in [-0.3, -0.25) is 9.59 Å². The summed E-state index contributed by atoms with van der Waals surface area (Å²) >= 11 is 1.32. The van der Waals surface area contributed by atoms with Crippen LogP contribution in [0.15, 0.2) is 58.9 Å². The molecule has 0 atom stereocenters. The Morgan fingerprint density at radius 2 is 1.95 bits per heavy atom. The van der Waals surface area contributed by atoms with Gasteiger partial charge in [-0.05, 0) is 61.9 Å². The van der Waals surface area contributed by atoms with Gasteiger partial charge in [-0.15, -0.1) is 0 Å². The standard InChI is InChI=1S/C26H23N5O5S/c1-4-35-23-12-17(11-18(14-27)25(33)28-19-6-8-21(34-3)9-7-19)5-10-22(23)36-15-20-13-24(32)31-26(29-20)37-16(2)30-31/h5-13H,4,15H2,1-3H3,(H,28,33). The molecule has 0 saturated carbocycles. The Bertz CT molecular complexity index is 1570. The minimum Gasteiger partial charge on any atom is -0.497 e. The average molecular weight is 518 g/mol. The van der Waals surface area contributed by atoms with Crippen molar-refractivity contribution in [3.8, 4) is 23.3 Å². The zero-order valence-electron chi connectivity index (χ0n) is 20.3. The third kappa shape index (κ3) is 6.12. The van der Waals surface area contributed by atoms with E-state index in [4.69, 9.17) is 14.2 Å². The molecule has 0 aliphatic rings. The Hall–Kier alpha value is -4.69. The van der Waals surface area contributed by atoms with Crippen molar-refractivity contribution in [1.82, 2.24) is 14.6 Å². The first-order valence-electron chi connectivity index (χ1n) is 11.2. The number of benzene rings is 2. The van der Waals surface area contributed by atoms with Crippen LogP contribution in [0.4, 0.5) is 5.69 Å². The number of anilines is 1. The number of carbonyl (C=O) groups is 1. The highest BCUT2D eigenvalue weighted by atomic mass is 32.1. The molecule has 0 unspecified atom stereocenters. The number of aromatic nitrogens is 3. The van der Waals surface area contributed by atoms with E-state index in [1.165, 1.54) is 28.0 Å². The third-order valence-corrected chi connectivity index (χ3v) is 5.89. The van der Waals surface area contributed by atoms with Gasteiger partial charge in [-0.1, -0.05) is 17.4 Å². The number of nitrogens with one attached hydrogen (secondary N) is 1. The van der Waals surface area contributed by atoms with Crippen LogP contribution in [0.1, 0.15) is 23.2 Å². The fourth-order valence-electron chi connectivity index (χ4n) is 3.37. The summed E-state index contributed by atoms with van der Waals surface area (Å²) in [5.74, 6) is 0.970. The molecular formula is C26H23N5O5S. The molecule has 0 aliphatic carbocycles. The van der Waals surface area contributed by atoms with Crippen molar-refractivity contribution in [3.05, 3.63) is 80.7 Å². The van der Waals surface area contributed by atoms with Gasteiger partial charge in [0.05, 0.1) is 19.4 Å². The maximum absolute atomic E-state index is 12.6. The highest BCUT2D eigenvalue weighted by Gasteiger charge is 2.13. The molecule has 0 radical (unpaired) electrons. The van der Waals surface area contributed by atoms with Crippen molar-refractivity contribution in [2.75, 3.05) is 19.0 Å². The second-order valence-electron chi connectivity index (χ2n) is 7.68. The summed E-state index contributed by atoms with van der Waals surface area (Å²) in [5, 5.41) is 17.1. The number of fused-ring (bicyclic) bond motifs is 1. The van der Waals surface area contributed by atoms with E-state index >= 15 is 0 Å². The van der Waals surface area contributed by atoms with Crippen LogP contribution in [0.3, 0.4) is 0 Å². The molecule has 0 fully saturated rings. The fraction of sp³-hybridized carbons (Fsp3) is 0.192. The number of carbonyl (C=O) groups excluding carboxylic acids is 1. The molecule has 0 saturated heterocycles. The van der Waals surface area contributed by atoms with E-state index in [1.807, 2.05) is 13.0 Å². The highest BCUT2D eigenvalue weighted by Crippen LogP contribution is 2.30. The van der Waals surface area contributed by atoms with Crippen LogP contribution in [0.2, 0.25) is 0 Å². The Morgan fingerprint density at radius 1 is 1.16 bits per heavy atom. The smallest absolute Gasteiger partial charge is 0.275 e. The van der Waals surface area contributed by atoms with Crippen molar-refractivity contribution in [1.29, 1.82) is 5.26 Å². The van der Waals surface area contributed by atoms with Gasteiger partial charge < -0.3 is 19.5 Å². The van der Waals surface area contributed by atoms with E-state index in [9.17, 15) is 14.9 Å². The number of nitrogens with zero attached hydrogens (tertiary/aromatic N) is 4. The van der Waals surface area contributed by atoms with Gasteiger partial charge in [-0.25, -0.2) is 4.98 Å². The summed E-state index contributed by atoms with van der Waals surface area (Å²) in [5.41, 5.74) is 1.21. The van der Waals surface area contributed by atoms with Crippen LogP contribution in [-0.4, -0.2) is 34.2 Å². The Morgan fingerprint density at radius 3 is 2.65 bits per heavy atom. The van der Waals surface area contributed by atoms with Crippen molar-refractivity contribution in [2.24, 2.45) is 0 Å². The summed E-state index contributed by atoms with van der Waals surface area (Å²) in [4.78, 5) is 29.8. The summed E-state index contributed by atoms with van der Waals surface area (Å²) in [6.45, 7) is 4.06. The second kappa shape index (κ2) is 11.4. The first kappa shape index (κ1) is 25.4. The second-order valence-corrected chi connectivity index (χ2v) is 8.84. The van der Waals surface area contributed by atoms with Crippen molar-refractivity contribution >= 4 is 34.0 Å². The summed E-state index contributed by atoms with van der Waals surface area (Å²) < 4.78 is 18.0. The molecule has 1 N–H and O–H groups in total. The topological polar surface area (TPSA) is 128 Å². The van der Waals surface area contributed by atoms with E-state index in [0.29, 0.717) is 45.8 Å². The van der Waals surface area contributed by atoms with E-state index in [0.717, 1.165) is 5.01 Å². The average Bonchev–Trinajstić information content (AvgIpc) is 3.28. The van der Waals surface area contributed by atoms with Gasteiger partial charge in [0.1, 0.15) is 29.0 Å². The molecule has 1 amide bonds. The van der Waals surface area contributed by atoms with Gasteiger partial charge in [-0.2, -0.15) is 14.9 Å². The molecule has 0 spiro atoms. The lowest BCUT2D eigenvalue weighted by atomic mass is 10.1. The number of amides is 1. The van der Waals surface area contributed by atoms with Gasteiger partial charge in [0.15, 0.2) is 11.5 Å². The Balaban J connectivity index is 1.51. The summed E-state index contributed by atoms with van der Waals surface area (Å²) in [7, 11) is 1.55. The minimum absolute atomic E-state index is 0.0473. The molecule has 4 aromatic rings. The molecule has 11 heteroatoms. The van der Waals surface area contributed by atoms with Gasteiger partial charge in [0, 0.05) is 11.8 Å². The fourth-order valence-corrected chi connectivity index (χ4v) is 4.13. The zero-order valence-corrected chi connectivity index (χ0v) is 21.2. The Kier molecular flexibility index (Phi) is 7.80. The van der Waals surface area contributed by atoms with Crippen molar-refractivity contribution in [2.45, 2.75) is 20.5 Å². The number of ether oxygens (including phenoxy) is 3. The maximum atomic E-state index is 12.6. The summed E-state index contributed by atoms with van der Waals surface area (Å²) in [6, 6.07) is 15.2. The zero-order chi connectivity index (χ0) is 26.4. The molecule has 10 nitrogen and oxygen atoms in total. The molecule has 2 aromatic heterocycles. The van der Waals surface area contributed by atoms with Gasteiger partial charge in [0.2, 0.25) is 4.96 Å². The van der Waals surface area contributed by atoms with Crippen molar-refractivity contribution < 1.29 is 19.0 Å². The number of aryl methyl sites for hydroxylation is 1. The lowest BCUT2D eigenvalue weighted by molar-refractivity contribution is -0.112. The van der Waals surface area contributed by atoms with Crippen LogP contribution in [-0.2, 0) is 11.4 Å². The molecule has 0 bridgehead atoms. The first-order valence-corrected chi connectivity index (χ1v) is 12.0. The quantitative estimate of drug-likeness (QED) is 0.261. The molecule has 4 rings (SSSR count). The molecule has 2 heterocycles. The first-order chi connectivity index (χ1) is 17.9. The van der Waals surface area contributed by atoms with Crippen molar-refractivity contribution in [3.63, 3.8) is 0 Å². The van der Waals surface area contributed by atoms with Gasteiger partial charge in [0.25, 0.3) is 11.5 Å². The van der Waals surface area contributed by atoms with Crippen LogP contribution >= 0.6 is 11.3 Å². The SMILES string of the molecule is CCOc1cc(C=C(C#N)C(=O)Nc2ccc(OC)cc2)ccc1OCc1cc(=O)n2nc(C)sc2n1. The van der Waals surface area contributed by atoms with E-state index < -0.39 is 5.91 Å². The highest BCUT2D eigenvalue weighted by molar-refractivity contribution is 7.16. The predicted octanol–water partition coefficient (Wildman–Crippen LogP) is 3.99. The maximum Gasteiger partial charge on any atom is 0.275 e. The van der Waals surface area contributed by atoms with Crippen LogP contribution in [0, 0.1) is 18.3 Å². The predicted molar refractivity (Wildman–Crippen MR) is 139 cm³/mol. The lowest BCUT2D eigenvalue weighted by Crippen LogP contribution is -2.16. The van der Waals surface area contributed by atoms with E-state index in [2.05, 4.69) is 15.4 Å². The molecule has 188 valence electrons. The largest absolute Gasteiger partial charge is 0.497 e. The minimum atomic E-state index is -0.544. The monoisotopic (exact) mass is 517 g/mol. The van der Waals surface area contributed by atoms with Gasteiger partial charge >= 0.3 is 0 Å². The molecule has 37 heavy (non-hydrogen) atoms. The number of hydrogen-bond donors (Lipinski definition) is 1. The number of hydrogen-bond acceptors (Lipinski definition) is 9. The number of rotatable bonds is 9. The third-order valence-electron chi connectivity index (χ3n) is 5.07.